The third-order valence-electron chi connectivity index (χ3n) is 6.99. The molecule has 2 saturated heterocycles. The number of carbonyl (C=O) groups is 2. The number of nitrogens with one attached hydrogen (secondary N) is 1. The maximum absolute atomic E-state index is 12.9. The summed E-state index contributed by atoms with van der Waals surface area (Å²) in [6.07, 6.45) is -0.593. The van der Waals surface area contributed by atoms with Crippen LogP contribution in [0.2, 0.25) is 0 Å². The van der Waals surface area contributed by atoms with E-state index in [1.165, 1.54) is 0 Å². The Morgan fingerprint density at radius 1 is 1.00 bits per heavy atom. The summed E-state index contributed by atoms with van der Waals surface area (Å²) in [5, 5.41) is 9.11. The minimum Gasteiger partial charge on any atom is -0.443 e. The highest BCUT2D eigenvalue weighted by Gasteiger charge is 2.34. The lowest BCUT2D eigenvalue weighted by atomic mass is 10.1. The van der Waals surface area contributed by atoms with Crippen molar-refractivity contribution in [1.29, 1.82) is 0 Å². The van der Waals surface area contributed by atoms with Gasteiger partial charge in [0.2, 0.25) is 11.7 Å². The van der Waals surface area contributed by atoms with E-state index < -0.39 is 0 Å². The number of ether oxygens (including phenoxy) is 1. The Hall–Kier alpha value is -4.44. The molecule has 0 bridgehead atoms. The van der Waals surface area contributed by atoms with Crippen LogP contribution in [0.15, 0.2) is 71.3 Å². The standard InChI is InChI=1S/C28H28N6O4/c1-19-29-26(31-38-19)21-9-11-22(12-10-21)34-18-23(37-28(34)36)17-32-13-15-33(16-14-32)27(35)30-25-8-4-6-20-5-2-3-7-24(20)25/h2-12,23H,13-18H2,1H3,(H,30,35). The molecule has 3 amide bonds. The zero-order valence-corrected chi connectivity index (χ0v) is 21.0. The number of urea groups is 1. The van der Waals surface area contributed by atoms with Gasteiger partial charge in [-0.3, -0.25) is 9.80 Å². The van der Waals surface area contributed by atoms with Gasteiger partial charge in [0.05, 0.1) is 12.2 Å². The molecule has 3 heterocycles. The molecule has 3 aromatic carbocycles. The Morgan fingerprint density at radius 2 is 1.76 bits per heavy atom. The monoisotopic (exact) mass is 512 g/mol. The van der Waals surface area contributed by atoms with E-state index in [0.29, 0.717) is 37.9 Å². The molecule has 1 atom stereocenters. The van der Waals surface area contributed by atoms with Gasteiger partial charge in [0.25, 0.3) is 0 Å². The van der Waals surface area contributed by atoms with Gasteiger partial charge in [0.1, 0.15) is 6.10 Å². The van der Waals surface area contributed by atoms with Gasteiger partial charge in [0.15, 0.2) is 0 Å². The molecule has 0 spiro atoms. The lowest BCUT2D eigenvalue weighted by molar-refractivity contribution is 0.0863. The van der Waals surface area contributed by atoms with Crippen molar-refractivity contribution in [3.63, 3.8) is 0 Å². The number of rotatable bonds is 5. The van der Waals surface area contributed by atoms with Crippen molar-refractivity contribution in [2.45, 2.75) is 13.0 Å². The molecule has 2 fully saturated rings. The lowest BCUT2D eigenvalue weighted by Crippen LogP contribution is -2.51. The molecule has 0 radical (unpaired) electrons. The van der Waals surface area contributed by atoms with Crippen molar-refractivity contribution >= 4 is 34.3 Å². The van der Waals surface area contributed by atoms with Crippen molar-refractivity contribution in [2.24, 2.45) is 0 Å². The van der Waals surface area contributed by atoms with Gasteiger partial charge in [-0.05, 0) is 35.7 Å². The van der Waals surface area contributed by atoms with Gasteiger partial charge in [-0.2, -0.15) is 4.98 Å². The van der Waals surface area contributed by atoms with Gasteiger partial charge < -0.3 is 19.5 Å². The Balaban J connectivity index is 1.01. The molecule has 2 aliphatic heterocycles. The van der Waals surface area contributed by atoms with Gasteiger partial charge in [-0.1, -0.05) is 41.6 Å². The number of benzene rings is 3. The van der Waals surface area contributed by atoms with Crippen LogP contribution in [0, 0.1) is 6.92 Å². The van der Waals surface area contributed by atoms with E-state index in [0.717, 1.165) is 40.8 Å². The number of carbonyl (C=O) groups excluding carboxylic acids is 2. The highest BCUT2D eigenvalue weighted by Crippen LogP contribution is 2.26. The predicted octanol–water partition coefficient (Wildman–Crippen LogP) is 4.37. The molecule has 38 heavy (non-hydrogen) atoms. The fourth-order valence-corrected chi connectivity index (χ4v) is 4.98. The molecule has 6 rings (SSSR count). The van der Waals surface area contributed by atoms with E-state index in [9.17, 15) is 9.59 Å². The van der Waals surface area contributed by atoms with Crippen molar-refractivity contribution in [2.75, 3.05) is 49.5 Å². The molecule has 1 N–H and O–H groups in total. The van der Waals surface area contributed by atoms with Crippen LogP contribution in [0.1, 0.15) is 5.89 Å². The van der Waals surface area contributed by atoms with Crippen LogP contribution in [0.4, 0.5) is 21.0 Å². The molecular formula is C28H28N6O4. The molecule has 0 saturated carbocycles. The first kappa shape index (κ1) is 23.9. The molecule has 10 nitrogen and oxygen atoms in total. The van der Waals surface area contributed by atoms with Crippen molar-refractivity contribution in [3.8, 4) is 11.4 Å². The quantitative estimate of drug-likeness (QED) is 0.423. The van der Waals surface area contributed by atoms with Crippen LogP contribution >= 0.6 is 0 Å². The number of amides is 3. The number of anilines is 2. The second-order valence-corrected chi connectivity index (χ2v) is 9.54. The average molecular weight is 513 g/mol. The molecule has 0 aliphatic carbocycles. The fraction of sp³-hybridized carbons (Fsp3) is 0.286. The summed E-state index contributed by atoms with van der Waals surface area (Å²) in [4.78, 5) is 35.5. The van der Waals surface area contributed by atoms with Gasteiger partial charge in [0, 0.05) is 56.3 Å². The van der Waals surface area contributed by atoms with Crippen LogP contribution in [0.3, 0.4) is 0 Å². The van der Waals surface area contributed by atoms with E-state index >= 15 is 0 Å². The van der Waals surface area contributed by atoms with Crippen LogP contribution in [-0.2, 0) is 4.74 Å². The van der Waals surface area contributed by atoms with Gasteiger partial charge >= 0.3 is 12.1 Å². The molecule has 4 aromatic rings. The Morgan fingerprint density at radius 3 is 2.53 bits per heavy atom. The highest BCUT2D eigenvalue weighted by atomic mass is 16.6. The number of aryl methyl sites for hydroxylation is 1. The summed E-state index contributed by atoms with van der Waals surface area (Å²) in [5.74, 6) is 1.02. The van der Waals surface area contributed by atoms with E-state index in [4.69, 9.17) is 9.26 Å². The summed E-state index contributed by atoms with van der Waals surface area (Å²) in [6.45, 7) is 5.50. The molecule has 2 aliphatic rings. The molecular weight excluding hydrogens is 484 g/mol. The summed E-state index contributed by atoms with van der Waals surface area (Å²) < 4.78 is 10.7. The number of aromatic nitrogens is 2. The topological polar surface area (TPSA) is 104 Å². The Kier molecular flexibility index (Phi) is 6.38. The Labute approximate surface area is 219 Å². The number of nitrogens with zero attached hydrogens (tertiary/aromatic N) is 5. The van der Waals surface area contributed by atoms with E-state index in [1.807, 2.05) is 71.6 Å². The van der Waals surface area contributed by atoms with E-state index in [-0.39, 0.29) is 18.2 Å². The molecule has 194 valence electrons. The largest absolute Gasteiger partial charge is 0.443 e. The minimum atomic E-state index is -0.355. The van der Waals surface area contributed by atoms with Gasteiger partial charge in [-0.15, -0.1) is 0 Å². The van der Waals surface area contributed by atoms with Crippen LogP contribution in [-0.4, -0.2) is 77.4 Å². The second kappa shape index (κ2) is 10.1. The van der Waals surface area contributed by atoms with Crippen molar-refractivity contribution in [1.82, 2.24) is 19.9 Å². The summed E-state index contributed by atoms with van der Waals surface area (Å²) >= 11 is 0. The zero-order valence-electron chi connectivity index (χ0n) is 21.0. The lowest BCUT2D eigenvalue weighted by Gasteiger charge is -2.35. The number of piperazine rings is 1. The smallest absolute Gasteiger partial charge is 0.414 e. The first-order valence-corrected chi connectivity index (χ1v) is 12.7. The summed E-state index contributed by atoms with van der Waals surface area (Å²) in [6, 6.07) is 21.3. The summed E-state index contributed by atoms with van der Waals surface area (Å²) in [7, 11) is 0. The van der Waals surface area contributed by atoms with Crippen LogP contribution < -0.4 is 10.2 Å². The zero-order chi connectivity index (χ0) is 26.1. The van der Waals surface area contributed by atoms with Crippen LogP contribution in [0.5, 0.6) is 0 Å². The number of cyclic esters (lactones) is 1. The fourth-order valence-electron chi connectivity index (χ4n) is 4.98. The highest BCUT2D eigenvalue weighted by molar-refractivity contribution is 6.01. The summed E-state index contributed by atoms with van der Waals surface area (Å²) in [5.41, 5.74) is 2.39. The van der Waals surface area contributed by atoms with Gasteiger partial charge in [-0.25, -0.2) is 9.59 Å². The van der Waals surface area contributed by atoms with E-state index in [2.05, 4.69) is 20.4 Å². The molecule has 10 heteroatoms. The minimum absolute atomic E-state index is 0.0982. The number of fused-ring (bicyclic) bond motifs is 1. The Bertz CT molecular complexity index is 1460. The van der Waals surface area contributed by atoms with E-state index in [1.54, 1.807) is 11.8 Å². The van der Waals surface area contributed by atoms with Crippen molar-refractivity contribution in [3.05, 3.63) is 72.6 Å². The normalized spacial score (nSPS) is 18.1. The van der Waals surface area contributed by atoms with Crippen LogP contribution in [0.25, 0.3) is 22.2 Å². The maximum Gasteiger partial charge on any atom is 0.414 e. The SMILES string of the molecule is Cc1nc(-c2ccc(N3CC(CN4CCN(C(=O)Nc5cccc6ccccc56)CC4)OC3=O)cc2)no1. The third-order valence-corrected chi connectivity index (χ3v) is 6.99. The first-order valence-electron chi connectivity index (χ1n) is 12.7. The molecule has 1 unspecified atom stereocenters. The maximum atomic E-state index is 12.9. The first-order chi connectivity index (χ1) is 18.5. The third kappa shape index (κ3) is 4.90. The predicted molar refractivity (Wildman–Crippen MR) is 143 cm³/mol. The average Bonchev–Trinajstić information content (AvgIpc) is 3.54. The van der Waals surface area contributed by atoms with Crippen molar-refractivity contribution < 1.29 is 18.8 Å². The molecule has 1 aromatic heterocycles. The second-order valence-electron chi connectivity index (χ2n) is 9.54. The number of hydrogen-bond donors (Lipinski definition) is 1. The number of hydrogen-bond acceptors (Lipinski definition) is 7.